The van der Waals surface area contributed by atoms with E-state index in [-0.39, 0.29) is 18.0 Å². The third kappa shape index (κ3) is 1.89. The Hall–Kier alpha value is -0.810. The molecule has 0 saturated carbocycles. The van der Waals surface area contributed by atoms with E-state index < -0.39 is 0 Å². The Morgan fingerprint density at radius 3 is 2.75 bits per heavy atom. The van der Waals surface area contributed by atoms with Gasteiger partial charge in [0.2, 0.25) is 0 Å². The van der Waals surface area contributed by atoms with Crippen molar-refractivity contribution in [3.63, 3.8) is 0 Å². The van der Waals surface area contributed by atoms with Crippen LogP contribution >= 0.6 is 15.9 Å². The number of aryl methyl sites for hydroxylation is 1. The van der Waals surface area contributed by atoms with Gasteiger partial charge in [-0.2, -0.15) is 0 Å². The highest BCUT2D eigenvalue weighted by Crippen LogP contribution is 2.21. The fourth-order valence-electron chi connectivity index (χ4n) is 2.13. The number of rotatable bonds is 1. The molecule has 1 aliphatic rings. The van der Waals surface area contributed by atoms with Crippen LogP contribution in [-0.4, -0.2) is 34.0 Å². The first-order chi connectivity index (χ1) is 7.50. The molecule has 2 N–H and O–H groups in total. The number of nitrogens with zero attached hydrogens (tertiary/aromatic N) is 2. The number of carbonyl (C=O) groups is 1. The summed E-state index contributed by atoms with van der Waals surface area (Å²) in [6.07, 6.45) is 2.77. The van der Waals surface area contributed by atoms with Gasteiger partial charge in [0, 0.05) is 36.3 Å². The number of nitrogens with two attached hydrogens (primary N) is 1. The van der Waals surface area contributed by atoms with Crippen LogP contribution in [0, 0.1) is 0 Å². The van der Waals surface area contributed by atoms with Gasteiger partial charge in [0.1, 0.15) is 5.69 Å². The van der Waals surface area contributed by atoms with Gasteiger partial charge in [0.05, 0.1) is 0 Å². The fraction of sp³-hybridized carbons (Fsp3) is 0.545. The molecule has 2 rings (SSSR count). The molecule has 0 aliphatic carbocycles. The predicted molar refractivity (Wildman–Crippen MR) is 66.2 cm³/mol. The van der Waals surface area contributed by atoms with E-state index >= 15 is 0 Å². The minimum atomic E-state index is 0.0636. The van der Waals surface area contributed by atoms with E-state index in [0.29, 0.717) is 5.69 Å². The summed E-state index contributed by atoms with van der Waals surface area (Å²) in [5.41, 5.74) is 6.62. The molecular weight excluding hydrogens is 270 g/mol. The molecule has 1 aromatic heterocycles. The van der Waals surface area contributed by atoms with Gasteiger partial charge in [0.25, 0.3) is 5.91 Å². The molecule has 1 amide bonds. The number of amides is 1. The lowest BCUT2D eigenvalue weighted by Crippen LogP contribution is -2.40. The van der Waals surface area contributed by atoms with Crippen molar-refractivity contribution in [1.82, 2.24) is 9.47 Å². The van der Waals surface area contributed by atoms with Crippen LogP contribution in [-0.2, 0) is 7.05 Å². The minimum Gasteiger partial charge on any atom is -0.345 e. The normalized spacial score (nSPS) is 25.1. The predicted octanol–water partition coefficient (Wildman–Crippen LogP) is 1.35. The quantitative estimate of drug-likeness (QED) is 0.847. The molecule has 2 heterocycles. The maximum Gasteiger partial charge on any atom is 0.270 e. The second-order valence-electron chi connectivity index (χ2n) is 4.35. The number of hydrogen-bond acceptors (Lipinski definition) is 2. The Balaban J connectivity index is 2.23. The van der Waals surface area contributed by atoms with E-state index in [9.17, 15) is 4.79 Å². The summed E-state index contributed by atoms with van der Waals surface area (Å²) >= 11 is 3.37. The van der Waals surface area contributed by atoms with Gasteiger partial charge in [-0.25, -0.2) is 0 Å². The van der Waals surface area contributed by atoms with Gasteiger partial charge in [-0.15, -0.1) is 0 Å². The molecule has 16 heavy (non-hydrogen) atoms. The van der Waals surface area contributed by atoms with Crippen LogP contribution in [0.15, 0.2) is 16.7 Å². The Bertz CT molecular complexity index is 415. The minimum absolute atomic E-state index is 0.0636. The molecule has 0 radical (unpaired) electrons. The first-order valence-electron chi connectivity index (χ1n) is 5.39. The molecule has 2 unspecified atom stereocenters. The Kier molecular flexibility index (Phi) is 3.08. The van der Waals surface area contributed by atoms with E-state index in [0.717, 1.165) is 17.4 Å². The average molecular weight is 286 g/mol. The highest BCUT2D eigenvalue weighted by Gasteiger charge is 2.32. The van der Waals surface area contributed by atoms with E-state index in [1.54, 1.807) is 0 Å². The monoisotopic (exact) mass is 285 g/mol. The van der Waals surface area contributed by atoms with Gasteiger partial charge >= 0.3 is 0 Å². The molecule has 1 saturated heterocycles. The molecule has 0 aromatic carbocycles. The molecule has 1 aromatic rings. The van der Waals surface area contributed by atoms with Crippen molar-refractivity contribution in [3.8, 4) is 0 Å². The van der Waals surface area contributed by atoms with Crippen LogP contribution in [0.25, 0.3) is 0 Å². The largest absolute Gasteiger partial charge is 0.345 e. The standard InChI is InChI=1S/C11H16BrN3O/c1-7-9(13)3-4-15(7)11(16)10-5-8(12)6-14(10)2/h5-7,9H,3-4,13H2,1-2H3. The van der Waals surface area contributed by atoms with Crippen molar-refractivity contribution in [3.05, 3.63) is 22.4 Å². The summed E-state index contributed by atoms with van der Waals surface area (Å²) in [7, 11) is 1.87. The summed E-state index contributed by atoms with van der Waals surface area (Å²) in [5.74, 6) is 0.0636. The zero-order valence-corrected chi connectivity index (χ0v) is 11.1. The first-order valence-corrected chi connectivity index (χ1v) is 6.18. The molecular formula is C11H16BrN3O. The van der Waals surface area contributed by atoms with Gasteiger partial charge in [-0.3, -0.25) is 4.79 Å². The van der Waals surface area contributed by atoms with Crippen molar-refractivity contribution in [2.45, 2.75) is 25.4 Å². The van der Waals surface area contributed by atoms with Gasteiger partial charge < -0.3 is 15.2 Å². The Morgan fingerprint density at radius 1 is 1.62 bits per heavy atom. The maximum atomic E-state index is 12.3. The SMILES string of the molecule is CC1C(N)CCN1C(=O)c1cc(Br)cn1C. The van der Waals surface area contributed by atoms with E-state index in [4.69, 9.17) is 5.73 Å². The summed E-state index contributed by atoms with van der Waals surface area (Å²) < 4.78 is 2.76. The second kappa shape index (κ2) is 4.22. The summed E-state index contributed by atoms with van der Waals surface area (Å²) in [4.78, 5) is 14.1. The Labute approximate surface area is 104 Å². The van der Waals surface area contributed by atoms with Gasteiger partial charge in [0.15, 0.2) is 0 Å². The molecule has 1 fully saturated rings. The van der Waals surface area contributed by atoms with Gasteiger partial charge in [-0.05, 0) is 35.3 Å². The summed E-state index contributed by atoms with van der Waals surface area (Å²) in [6.45, 7) is 2.76. The molecule has 1 aliphatic heterocycles. The summed E-state index contributed by atoms with van der Waals surface area (Å²) in [5, 5.41) is 0. The lowest BCUT2D eigenvalue weighted by atomic mass is 10.1. The fourth-order valence-corrected chi connectivity index (χ4v) is 2.66. The highest BCUT2D eigenvalue weighted by molar-refractivity contribution is 9.10. The van der Waals surface area contributed by atoms with Crippen molar-refractivity contribution in [2.75, 3.05) is 6.54 Å². The van der Waals surface area contributed by atoms with Gasteiger partial charge in [-0.1, -0.05) is 0 Å². The van der Waals surface area contributed by atoms with E-state index in [2.05, 4.69) is 15.9 Å². The molecule has 88 valence electrons. The maximum absolute atomic E-state index is 12.3. The zero-order chi connectivity index (χ0) is 11.9. The van der Waals surface area contributed by atoms with Crippen molar-refractivity contribution in [1.29, 1.82) is 0 Å². The Morgan fingerprint density at radius 2 is 2.31 bits per heavy atom. The summed E-state index contributed by atoms with van der Waals surface area (Å²) in [6, 6.07) is 2.08. The van der Waals surface area contributed by atoms with E-state index in [1.165, 1.54) is 0 Å². The van der Waals surface area contributed by atoms with Crippen molar-refractivity contribution >= 4 is 21.8 Å². The average Bonchev–Trinajstić information content (AvgIpc) is 2.71. The van der Waals surface area contributed by atoms with Crippen LogP contribution in [0.5, 0.6) is 0 Å². The molecule has 5 heteroatoms. The zero-order valence-electron chi connectivity index (χ0n) is 9.48. The smallest absolute Gasteiger partial charge is 0.270 e. The topological polar surface area (TPSA) is 51.3 Å². The van der Waals surface area contributed by atoms with Crippen molar-refractivity contribution < 1.29 is 4.79 Å². The lowest BCUT2D eigenvalue weighted by molar-refractivity contribution is 0.0733. The van der Waals surface area contributed by atoms with Crippen molar-refractivity contribution in [2.24, 2.45) is 12.8 Å². The molecule has 4 nitrogen and oxygen atoms in total. The molecule has 0 spiro atoms. The number of carbonyl (C=O) groups excluding carboxylic acids is 1. The number of likely N-dealkylation sites (tertiary alicyclic amines) is 1. The third-order valence-electron chi connectivity index (χ3n) is 3.27. The molecule has 0 bridgehead atoms. The van der Waals surface area contributed by atoms with Crippen LogP contribution in [0.1, 0.15) is 23.8 Å². The van der Waals surface area contributed by atoms with Crippen LogP contribution in [0.4, 0.5) is 0 Å². The van der Waals surface area contributed by atoms with E-state index in [1.807, 2.05) is 35.7 Å². The lowest BCUT2D eigenvalue weighted by Gasteiger charge is -2.23. The molecule has 2 atom stereocenters. The number of hydrogen-bond donors (Lipinski definition) is 1. The number of aromatic nitrogens is 1. The second-order valence-corrected chi connectivity index (χ2v) is 5.26. The third-order valence-corrected chi connectivity index (χ3v) is 3.70. The van der Waals surface area contributed by atoms with Crippen LogP contribution in [0.3, 0.4) is 0 Å². The number of halogens is 1. The van der Waals surface area contributed by atoms with Crippen LogP contribution in [0.2, 0.25) is 0 Å². The first kappa shape index (κ1) is 11.7. The highest BCUT2D eigenvalue weighted by atomic mass is 79.9. The van der Waals surface area contributed by atoms with Crippen LogP contribution < -0.4 is 5.73 Å².